The maximum Gasteiger partial charge on any atom is 0.277 e. The molecule has 0 saturated carbocycles. The van der Waals surface area contributed by atoms with E-state index in [0.29, 0.717) is 11.4 Å². The number of benzene rings is 2. The second-order valence-electron chi connectivity index (χ2n) is 8.16. The van der Waals surface area contributed by atoms with Gasteiger partial charge in [0.25, 0.3) is 5.91 Å². The molecule has 33 heavy (non-hydrogen) atoms. The predicted octanol–water partition coefficient (Wildman–Crippen LogP) is 5.43. The maximum atomic E-state index is 12.7. The Labute approximate surface area is 192 Å². The summed E-state index contributed by atoms with van der Waals surface area (Å²) in [6, 6.07) is 22.8. The smallest absolute Gasteiger partial charge is 0.277 e. The molecule has 0 unspecified atom stereocenters. The molecule has 0 atom stereocenters. The van der Waals surface area contributed by atoms with E-state index in [1.54, 1.807) is 6.07 Å². The van der Waals surface area contributed by atoms with Crippen molar-refractivity contribution in [1.82, 2.24) is 15.4 Å². The van der Waals surface area contributed by atoms with Gasteiger partial charge in [-0.25, -0.2) is 0 Å². The van der Waals surface area contributed by atoms with E-state index in [1.807, 2.05) is 66.7 Å². The molecule has 1 aliphatic heterocycles. The highest BCUT2D eigenvalue weighted by Gasteiger charge is 2.15. The number of hydrogen-bond donors (Lipinski definition) is 1. The zero-order valence-electron chi connectivity index (χ0n) is 18.3. The molecular formula is C26H25N5O2. The summed E-state index contributed by atoms with van der Waals surface area (Å²) in [7, 11) is 0. The van der Waals surface area contributed by atoms with E-state index < -0.39 is 0 Å². The topological polar surface area (TPSA) is 84.2 Å². The largest absolute Gasteiger partial charge is 0.355 e. The average Bonchev–Trinajstić information content (AvgIpc) is 3.21. The molecular weight excluding hydrogens is 414 g/mol. The van der Waals surface area contributed by atoms with Crippen molar-refractivity contribution in [3.63, 3.8) is 0 Å². The minimum Gasteiger partial charge on any atom is -0.355 e. The first-order valence-corrected chi connectivity index (χ1v) is 11.3. The Morgan fingerprint density at radius 1 is 0.818 bits per heavy atom. The van der Waals surface area contributed by atoms with Gasteiger partial charge in [-0.15, -0.1) is 10.2 Å². The van der Waals surface area contributed by atoms with Crippen molar-refractivity contribution in [1.29, 1.82) is 0 Å². The number of amides is 1. The second-order valence-corrected chi connectivity index (χ2v) is 8.16. The summed E-state index contributed by atoms with van der Waals surface area (Å²) in [6.07, 6.45) is 4.96. The van der Waals surface area contributed by atoms with Crippen LogP contribution in [0.2, 0.25) is 0 Å². The third kappa shape index (κ3) is 4.92. The Kier molecular flexibility index (Phi) is 6.10. The van der Waals surface area contributed by atoms with Gasteiger partial charge in [0.15, 0.2) is 17.3 Å². The van der Waals surface area contributed by atoms with Gasteiger partial charge in [-0.1, -0.05) is 60.5 Å². The van der Waals surface area contributed by atoms with Crippen LogP contribution in [0.15, 0.2) is 77.3 Å². The van der Waals surface area contributed by atoms with E-state index in [1.165, 1.54) is 25.7 Å². The van der Waals surface area contributed by atoms with Crippen LogP contribution in [0.25, 0.3) is 22.6 Å². The highest BCUT2D eigenvalue weighted by Crippen LogP contribution is 2.24. The molecule has 0 spiro atoms. The van der Waals surface area contributed by atoms with Crippen LogP contribution in [0.4, 0.5) is 11.5 Å². The van der Waals surface area contributed by atoms with Crippen LogP contribution in [0.1, 0.15) is 36.2 Å². The molecule has 1 saturated heterocycles. The first-order chi connectivity index (χ1) is 16.3. The van der Waals surface area contributed by atoms with Crippen LogP contribution >= 0.6 is 0 Å². The molecule has 166 valence electrons. The number of hydrogen-bond acceptors (Lipinski definition) is 6. The van der Waals surface area contributed by atoms with Crippen molar-refractivity contribution in [2.75, 3.05) is 23.3 Å². The quantitative estimate of drug-likeness (QED) is 0.446. The number of nitrogens with one attached hydrogen (secondary N) is 1. The molecule has 7 heteroatoms. The van der Waals surface area contributed by atoms with E-state index in [9.17, 15) is 4.79 Å². The number of anilines is 2. The molecule has 1 aliphatic rings. The Balaban J connectivity index is 1.28. The number of carbonyl (C=O) groups excluding carboxylic acids is 1. The normalized spacial score (nSPS) is 14.0. The zero-order valence-corrected chi connectivity index (χ0v) is 18.3. The van der Waals surface area contributed by atoms with Crippen molar-refractivity contribution in [2.24, 2.45) is 0 Å². The fourth-order valence-corrected chi connectivity index (χ4v) is 4.02. The summed E-state index contributed by atoms with van der Waals surface area (Å²) in [5.41, 5.74) is 3.39. The number of aromatic nitrogens is 3. The molecule has 1 amide bonds. The molecule has 0 radical (unpaired) electrons. The minimum atomic E-state index is -0.333. The van der Waals surface area contributed by atoms with E-state index in [2.05, 4.69) is 25.6 Å². The fraction of sp³-hybridized carbons (Fsp3) is 0.231. The minimum absolute atomic E-state index is 0.223. The highest BCUT2D eigenvalue weighted by atomic mass is 16.5. The average molecular weight is 440 g/mol. The molecule has 1 N–H and O–H groups in total. The lowest BCUT2D eigenvalue weighted by Crippen LogP contribution is -2.25. The third-order valence-electron chi connectivity index (χ3n) is 5.80. The monoisotopic (exact) mass is 439 g/mol. The highest BCUT2D eigenvalue weighted by molar-refractivity contribution is 6.03. The standard InChI is InChI=1S/C26H25N5O2/c32-26(23-18-24(33-30-23)19-9-4-3-5-10-19)27-21-12-8-11-20(17-21)22-13-14-25(29-28-22)31-15-6-1-2-7-16-31/h3-5,8-14,17-18H,1-2,6-7,15-16H2,(H,27,32). The summed E-state index contributed by atoms with van der Waals surface area (Å²) >= 11 is 0. The Morgan fingerprint density at radius 2 is 1.61 bits per heavy atom. The van der Waals surface area contributed by atoms with Gasteiger partial charge in [0.2, 0.25) is 0 Å². The van der Waals surface area contributed by atoms with Gasteiger partial charge < -0.3 is 14.7 Å². The molecule has 7 nitrogen and oxygen atoms in total. The predicted molar refractivity (Wildman–Crippen MR) is 128 cm³/mol. The van der Waals surface area contributed by atoms with E-state index in [4.69, 9.17) is 4.52 Å². The van der Waals surface area contributed by atoms with Crippen molar-refractivity contribution in [2.45, 2.75) is 25.7 Å². The first-order valence-electron chi connectivity index (χ1n) is 11.3. The van der Waals surface area contributed by atoms with Crippen molar-refractivity contribution < 1.29 is 9.32 Å². The first kappa shape index (κ1) is 20.9. The summed E-state index contributed by atoms with van der Waals surface area (Å²) in [6.45, 7) is 2.06. The number of rotatable bonds is 5. The van der Waals surface area contributed by atoms with Crippen LogP contribution in [0, 0.1) is 0 Å². The zero-order chi connectivity index (χ0) is 22.5. The second kappa shape index (κ2) is 9.65. The van der Waals surface area contributed by atoms with Crippen LogP contribution in [-0.2, 0) is 0 Å². The molecule has 1 fully saturated rings. The lowest BCUT2D eigenvalue weighted by molar-refractivity contribution is 0.101. The van der Waals surface area contributed by atoms with Crippen LogP contribution in [0.5, 0.6) is 0 Å². The lowest BCUT2D eigenvalue weighted by Gasteiger charge is -2.20. The summed E-state index contributed by atoms with van der Waals surface area (Å²) in [5, 5.41) is 15.7. The van der Waals surface area contributed by atoms with E-state index in [0.717, 1.165) is 35.7 Å². The molecule has 5 rings (SSSR count). The Hall–Kier alpha value is -4.00. The fourth-order valence-electron chi connectivity index (χ4n) is 4.02. The van der Waals surface area contributed by atoms with Gasteiger partial charge >= 0.3 is 0 Å². The van der Waals surface area contributed by atoms with Gasteiger partial charge in [0.1, 0.15) is 0 Å². The van der Waals surface area contributed by atoms with Crippen LogP contribution in [0.3, 0.4) is 0 Å². The van der Waals surface area contributed by atoms with Gasteiger partial charge in [-0.2, -0.15) is 0 Å². The molecule has 2 aromatic heterocycles. The van der Waals surface area contributed by atoms with Gasteiger partial charge in [0.05, 0.1) is 5.69 Å². The summed E-state index contributed by atoms with van der Waals surface area (Å²) in [4.78, 5) is 15.0. The maximum absolute atomic E-state index is 12.7. The van der Waals surface area contributed by atoms with Crippen LogP contribution in [-0.4, -0.2) is 34.4 Å². The molecule has 4 aromatic rings. The van der Waals surface area contributed by atoms with E-state index in [-0.39, 0.29) is 11.6 Å². The van der Waals surface area contributed by atoms with Crippen molar-refractivity contribution >= 4 is 17.4 Å². The SMILES string of the molecule is O=C(Nc1cccc(-c2ccc(N3CCCCCC3)nn2)c1)c1cc(-c2ccccc2)on1. The number of nitrogens with zero attached hydrogens (tertiary/aromatic N) is 4. The third-order valence-corrected chi connectivity index (χ3v) is 5.80. The summed E-state index contributed by atoms with van der Waals surface area (Å²) in [5.74, 6) is 1.14. The summed E-state index contributed by atoms with van der Waals surface area (Å²) < 4.78 is 5.34. The van der Waals surface area contributed by atoms with Crippen molar-refractivity contribution in [3.05, 3.63) is 78.5 Å². The molecule has 0 aliphatic carbocycles. The van der Waals surface area contributed by atoms with Gasteiger partial charge in [0, 0.05) is 36.0 Å². The Bertz CT molecular complexity index is 1210. The van der Waals surface area contributed by atoms with E-state index >= 15 is 0 Å². The molecule has 2 aromatic carbocycles. The number of carbonyl (C=O) groups is 1. The Morgan fingerprint density at radius 3 is 2.36 bits per heavy atom. The molecule has 0 bridgehead atoms. The van der Waals surface area contributed by atoms with Gasteiger partial charge in [-0.3, -0.25) is 4.79 Å². The molecule has 3 heterocycles. The van der Waals surface area contributed by atoms with Crippen molar-refractivity contribution in [3.8, 4) is 22.6 Å². The van der Waals surface area contributed by atoms with Crippen LogP contribution < -0.4 is 10.2 Å². The lowest BCUT2D eigenvalue weighted by atomic mass is 10.1. The van der Waals surface area contributed by atoms with Gasteiger partial charge in [-0.05, 0) is 37.1 Å².